The summed E-state index contributed by atoms with van der Waals surface area (Å²) in [6.45, 7) is 2.01. The lowest BCUT2D eigenvalue weighted by molar-refractivity contribution is -0.136. The lowest BCUT2D eigenvalue weighted by atomic mass is 10.2. The van der Waals surface area contributed by atoms with Gasteiger partial charge in [0.15, 0.2) is 0 Å². The van der Waals surface area contributed by atoms with Gasteiger partial charge in [-0.15, -0.1) is 10.2 Å². The molecule has 0 atom stereocenters. The Morgan fingerprint density at radius 2 is 2.05 bits per heavy atom. The van der Waals surface area contributed by atoms with Crippen molar-refractivity contribution in [3.8, 4) is 0 Å². The van der Waals surface area contributed by atoms with Crippen molar-refractivity contribution < 1.29 is 14.7 Å². The fraction of sp³-hybridized carbons (Fsp3) is 0.231. The molecule has 8 heteroatoms. The van der Waals surface area contributed by atoms with Gasteiger partial charge in [-0.2, -0.15) is 0 Å². The van der Waals surface area contributed by atoms with E-state index in [4.69, 9.17) is 5.11 Å². The number of aromatic nitrogens is 2. The molecule has 0 aliphatic rings. The highest BCUT2D eigenvalue weighted by atomic mass is 32.1. The second-order valence-electron chi connectivity index (χ2n) is 4.30. The topological polar surface area (TPSA) is 95.4 Å². The van der Waals surface area contributed by atoms with Crippen LogP contribution in [0, 0.1) is 6.92 Å². The number of carboxylic acids is 1. The van der Waals surface area contributed by atoms with Crippen LogP contribution in [0.3, 0.4) is 0 Å². The molecule has 2 amide bonds. The number of hydrogen-bond acceptors (Lipinski definition) is 5. The van der Waals surface area contributed by atoms with Crippen LogP contribution in [0.2, 0.25) is 0 Å². The number of benzene rings is 1. The summed E-state index contributed by atoms with van der Waals surface area (Å²) in [5, 5.41) is 19.1. The number of nitrogens with zero attached hydrogens (tertiary/aromatic N) is 3. The van der Waals surface area contributed by atoms with Gasteiger partial charge < -0.3 is 5.11 Å². The van der Waals surface area contributed by atoms with Gasteiger partial charge in [-0.1, -0.05) is 29.0 Å². The summed E-state index contributed by atoms with van der Waals surface area (Å²) in [6.07, 6.45) is -0.141. The van der Waals surface area contributed by atoms with Gasteiger partial charge in [-0.05, 0) is 19.1 Å². The van der Waals surface area contributed by atoms with Crippen molar-refractivity contribution in [1.82, 2.24) is 10.2 Å². The highest BCUT2D eigenvalue weighted by Gasteiger charge is 2.18. The molecule has 110 valence electrons. The number of anilines is 2. The van der Waals surface area contributed by atoms with Gasteiger partial charge >= 0.3 is 12.0 Å². The maximum atomic E-state index is 12.3. The van der Waals surface area contributed by atoms with Crippen LogP contribution in [0.4, 0.5) is 15.6 Å². The molecule has 2 rings (SSSR count). The summed E-state index contributed by atoms with van der Waals surface area (Å²) < 4.78 is 0. The molecule has 7 nitrogen and oxygen atoms in total. The highest BCUT2D eigenvalue weighted by molar-refractivity contribution is 7.13. The van der Waals surface area contributed by atoms with Crippen LogP contribution in [0.15, 0.2) is 29.8 Å². The van der Waals surface area contributed by atoms with Crippen molar-refractivity contribution in [1.29, 1.82) is 0 Å². The molecule has 0 saturated carbocycles. The Morgan fingerprint density at radius 1 is 1.33 bits per heavy atom. The van der Waals surface area contributed by atoms with Crippen molar-refractivity contribution in [2.45, 2.75) is 13.3 Å². The molecule has 0 aliphatic carbocycles. The van der Waals surface area contributed by atoms with E-state index in [0.29, 0.717) is 10.8 Å². The number of hydrogen-bond donors (Lipinski definition) is 2. The number of amides is 2. The van der Waals surface area contributed by atoms with E-state index < -0.39 is 12.0 Å². The summed E-state index contributed by atoms with van der Waals surface area (Å²) in [5.41, 5.74) is 3.19. The average Bonchev–Trinajstić information content (AvgIpc) is 2.93. The number of aryl methyl sites for hydroxylation is 1. The number of aliphatic carboxylic acids is 1. The van der Waals surface area contributed by atoms with E-state index in [1.54, 1.807) is 12.1 Å². The first-order valence-electron chi connectivity index (χ1n) is 6.19. The molecular weight excluding hydrogens is 292 g/mol. The van der Waals surface area contributed by atoms with Crippen molar-refractivity contribution >= 4 is 34.2 Å². The van der Waals surface area contributed by atoms with Crippen molar-refractivity contribution in [3.05, 3.63) is 35.3 Å². The van der Waals surface area contributed by atoms with Crippen LogP contribution in [0.5, 0.6) is 0 Å². The summed E-state index contributed by atoms with van der Waals surface area (Å²) >= 11 is 1.19. The Labute approximate surface area is 125 Å². The lowest BCUT2D eigenvalue weighted by Crippen LogP contribution is -2.36. The molecule has 2 aromatic rings. The minimum Gasteiger partial charge on any atom is -0.481 e. The number of nitrogens with one attached hydrogen (secondary N) is 1. The Hall–Kier alpha value is -2.48. The largest absolute Gasteiger partial charge is 0.481 e. The highest BCUT2D eigenvalue weighted by Crippen LogP contribution is 2.18. The van der Waals surface area contributed by atoms with Gasteiger partial charge in [0, 0.05) is 12.2 Å². The van der Waals surface area contributed by atoms with Crippen LogP contribution < -0.4 is 10.2 Å². The fourth-order valence-corrected chi connectivity index (χ4v) is 2.10. The monoisotopic (exact) mass is 306 g/mol. The second-order valence-corrected chi connectivity index (χ2v) is 5.14. The summed E-state index contributed by atoms with van der Waals surface area (Å²) in [4.78, 5) is 24.4. The quantitative estimate of drug-likeness (QED) is 0.884. The Morgan fingerprint density at radius 3 is 2.62 bits per heavy atom. The zero-order valence-corrected chi connectivity index (χ0v) is 12.1. The lowest BCUT2D eigenvalue weighted by Gasteiger charge is -2.22. The van der Waals surface area contributed by atoms with E-state index in [0.717, 1.165) is 5.56 Å². The zero-order chi connectivity index (χ0) is 15.2. The summed E-state index contributed by atoms with van der Waals surface area (Å²) in [6, 6.07) is 6.84. The van der Waals surface area contributed by atoms with E-state index in [1.165, 1.54) is 21.7 Å². The molecule has 0 radical (unpaired) electrons. The third-order valence-corrected chi connectivity index (χ3v) is 3.32. The van der Waals surface area contributed by atoms with Gasteiger partial charge in [-0.25, -0.2) is 4.79 Å². The smallest absolute Gasteiger partial charge is 0.328 e. The molecule has 0 saturated heterocycles. The molecule has 21 heavy (non-hydrogen) atoms. The number of carbonyl (C=O) groups excluding carboxylic acids is 1. The van der Waals surface area contributed by atoms with Crippen molar-refractivity contribution in [2.75, 3.05) is 16.8 Å². The Kier molecular flexibility index (Phi) is 4.83. The molecule has 0 spiro atoms. The molecular formula is C13H14N4O3S. The predicted molar refractivity (Wildman–Crippen MR) is 79.7 cm³/mol. The first kappa shape index (κ1) is 14.9. The number of rotatable bonds is 5. The summed E-state index contributed by atoms with van der Waals surface area (Å²) in [5.74, 6) is -0.962. The fourth-order valence-electron chi connectivity index (χ4n) is 1.67. The normalized spacial score (nSPS) is 10.1. The molecule has 0 bridgehead atoms. The van der Waals surface area contributed by atoms with Crippen LogP contribution in [-0.4, -0.2) is 33.8 Å². The molecule has 0 fully saturated rings. The van der Waals surface area contributed by atoms with E-state index in [9.17, 15) is 9.59 Å². The average molecular weight is 306 g/mol. The first-order valence-corrected chi connectivity index (χ1v) is 7.07. The van der Waals surface area contributed by atoms with Gasteiger partial charge in [-0.3, -0.25) is 15.0 Å². The standard InChI is InChI=1S/C13H14N4O3S/c1-9-2-4-10(5-3-9)17(7-6-11(18)19)13(20)15-12-16-14-8-21-12/h2-5,8H,6-7H2,1H3,(H,18,19)(H,15,16,20). The third kappa shape index (κ3) is 4.25. The second kappa shape index (κ2) is 6.80. The predicted octanol–water partition coefficient (Wildman–Crippen LogP) is 2.36. The number of carboxylic acid groups (broad SMARTS) is 1. The Balaban J connectivity index is 2.16. The molecule has 1 aromatic carbocycles. The molecule has 0 unspecified atom stereocenters. The van der Waals surface area contributed by atoms with Crippen molar-refractivity contribution in [3.63, 3.8) is 0 Å². The molecule has 1 heterocycles. The van der Waals surface area contributed by atoms with Crippen LogP contribution in [0.1, 0.15) is 12.0 Å². The Bertz CT molecular complexity index is 613. The maximum Gasteiger partial charge on any atom is 0.328 e. The molecule has 2 N–H and O–H groups in total. The van der Waals surface area contributed by atoms with Gasteiger partial charge in [0.1, 0.15) is 5.51 Å². The molecule has 0 aliphatic heterocycles. The minimum atomic E-state index is -0.962. The van der Waals surface area contributed by atoms with Gasteiger partial charge in [0.25, 0.3) is 0 Å². The van der Waals surface area contributed by atoms with E-state index >= 15 is 0 Å². The van der Waals surface area contributed by atoms with E-state index in [-0.39, 0.29) is 13.0 Å². The number of carbonyl (C=O) groups is 2. The van der Waals surface area contributed by atoms with Crippen LogP contribution in [0.25, 0.3) is 0 Å². The van der Waals surface area contributed by atoms with Gasteiger partial charge in [0.05, 0.1) is 6.42 Å². The third-order valence-electron chi connectivity index (χ3n) is 2.71. The van der Waals surface area contributed by atoms with E-state index in [2.05, 4.69) is 15.5 Å². The van der Waals surface area contributed by atoms with Crippen LogP contribution in [-0.2, 0) is 4.79 Å². The van der Waals surface area contributed by atoms with Gasteiger partial charge in [0.2, 0.25) is 5.13 Å². The molecule has 1 aromatic heterocycles. The van der Waals surface area contributed by atoms with E-state index in [1.807, 2.05) is 19.1 Å². The maximum absolute atomic E-state index is 12.3. The first-order chi connectivity index (χ1) is 10.1. The summed E-state index contributed by atoms with van der Waals surface area (Å²) in [7, 11) is 0. The van der Waals surface area contributed by atoms with Crippen molar-refractivity contribution in [2.24, 2.45) is 0 Å². The van der Waals surface area contributed by atoms with Crippen LogP contribution >= 0.6 is 11.3 Å². The number of urea groups is 1. The minimum absolute atomic E-state index is 0.0725. The zero-order valence-electron chi connectivity index (χ0n) is 11.3. The SMILES string of the molecule is Cc1ccc(N(CCC(=O)O)C(=O)Nc2nncs2)cc1.